The molecule has 1 aliphatic rings. The number of carboxylic acid groups (broad SMARTS) is 1. The molecule has 1 aromatic carbocycles. The molecule has 0 bridgehead atoms. The van der Waals surface area contributed by atoms with Crippen molar-refractivity contribution in [3.8, 4) is 0 Å². The fourth-order valence-electron chi connectivity index (χ4n) is 3.35. The van der Waals surface area contributed by atoms with Crippen molar-refractivity contribution in [1.82, 2.24) is 4.72 Å². The van der Waals surface area contributed by atoms with Gasteiger partial charge in [0.2, 0.25) is 10.0 Å². The van der Waals surface area contributed by atoms with Gasteiger partial charge < -0.3 is 5.11 Å². The van der Waals surface area contributed by atoms with E-state index >= 15 is 0 Å². The van der Waals surface area contributed by atoms with Crippen molar-refractivity contribution in [3.05, 3.63) is 41.4 Å². The van der Waals surface area contributed by atoms with Gasteiger partial charge in [-0.2, -0.15) is 0 Å². The van der Waals surface area contributed by atoms with Crippen molar-refractivity contribution in [1.29, 1.82) is 0 Å². The number of rotatable bonds is 10. The second-order valence-electron chi connectivity index (χ2n) is 6.82. The number of hydrogen-bond donors (Lipinski definition) is 2. The molecule has 0 saturated heterocycles. The third kappa shape index (κ3) is 6.90. The van der Waals surface area contributed by atoms with Crippen LogP contribution in [-0.2, 0) is 14.8 Å². The molecule has 0 amide bonds. The molecular formula is C19H25ClFNO4S. The van der Waals surface area contributed by atoms with E-state index in [1.165, 1.54) is 24.3 Å². The lowest BCUT2D eigenvalue weighted by Crippen LogP contribution is -2.32. The van der Waals surface area contributed by atoms with Gasteiger partial charge in [-0.3, -0.25) is 4.79 Å². The molecular weight excluding hydrogens is 393 g/mol. The third-order valence-corrected chi connectivity index (χ3v) is 6.57. The lowest BCUT2D eigenvalue weighted by atomic mass is 9.92. The predicted octanol–water partition coefficient (Wildman–Crippen LogP) is 4.18. The van der Waals surface area contributed by atoms with E-state index in [1.807, 2.05) is 12.2 Å². The minimum Gasteiger partial charge on any atom is -0.481 e. The minimum atomic E-state index is -3.65. The molecule has 27 heavy (non-hydrogen) atoms. The van der Waals surface area contributed by atoms with Gasteiger partial charge in [0.25, 0.3) is 0 Å². The molecule has 2 N–H and O–H groups in total. The van der Waals surface area contributed by atoms with Crippen LogP contribution < -0.4 is 4.72 Å². The zero-order valence-corrected chi connectivity index (χ0v) is 16.6. The maximum atomic E-state index is 14.2. The van der Waals surface area contributed by atoms with E-state index in [2.05, 4.69) is 4.72 Å². The second-order valence-corrected chi connectivity index (χ2v) is 9.02. The number of carboxylic acids is 1. The van der Waals surface area contributed by atoms with Crippen LogP contribution in [0.2, 0.25) is 5.02 Å². The van der Waals surface area contributed by atoms with E-state index in [0.717, 1.165) is 0 Å². The smallest absolute Gasteiger partial charge is 0.303 e. The Morgan fingerprint density at radius 2 is 1.96 bits per heavy atom. The highest BCUT2D eigenvalue weighted by Crippen LogP contribution is 2.36. The number of unbranched alkanes of at least 4 members (excludes halogenated alkanes) is 1. The largest absolute Gasteiger partial charge is 0.481 e. The first-order chi connectivity index (χ1) is 12.8. The van der Waals surface area contributed by atoms with Gasteiger partial charge in [0.15, 0.2) is 0 Å². The van der Waals surface area contributed by atoms with Crippen molar-refractivity contribution in [3.63, 3.8) is 0 Å². The van der Waals surface area contributed by atoms with Crippen LogP contribution in [0.1, 0.15) is 38.5 Å². The molecule has 0 spiro atoms. The molecule has 0 aromatic heterocycles. The number of allylic oxidation sites excluding steroid dienone is 2. The third-order valence-electron chi connectivity index (χ3n) is 4.88. The minimum absolute atomic E-state index is 0.0641. The molecule has 2 rings (SSSR count). The normalized spacial score (nSPS) is 23.1. The molecule has 5 nitrogen and oxygen atoms in total. The maximum absolute atomic E-state index is 14.2. The molecule has 0 heterocycles. The zero-order chi connectivity index (χ0) is 19.9. The Balaban J connectivity index is 1.86. The number of sulfonamides is 1. The van der Waals surface area contributed by atoms with E-state index in [-0.39, 0.29) is 29.7 Å². The van der Waals surface area contributed by atoms with E-state index < -0.39 is 22.2 Å². The number of hydrogen-bond acceptors (Lipinski definition) is 3. The van der Waals surface area contributed by atoms with Crippen molar-refractivity contribution in [2.24, 2.45) is 11.8 Å². The Labute approximate surface area is 164 Å². The number of benzene rings is 1. The summed E-state index contributed by atoms with van der Waals surface area (Å²) in [6.45, 7) is 0.197. The van der Waals surface area contributed by atoms with Crippen LogP contribution in [0.15, 0.2) is 41.3 Å². The maximum Gasteiger partial charge on any atom is 0.303 e. The average Bonchev–Trinajstić information content (AvgIpc) is 2.96. The van der Waals surface area contributed by atoms with Gasteiger partial charge in [-0.25, -0.2) is 17.5 Å². The molecule has 1 aliphatic carbocycles. The van der Waals surface area contributed by atoms with E-state index in [1.54, 1.807) is 0 Å². The first-order valence-corrected chi connectivity index (χ1v) is 10.9. The van der Waals surface area contributed by atoms with Gasteiger partial charge in [-0.05, 0) is 68.2 Å². The average molecular weight is 418 g/mol. The van der Waals surface area contributed by atoms with Crippen LogP contribution in [-0.4, -0.2) is 32.2 Å². The highest BCUT2D eigenvalue weighted by atomic mass is 35.5. The molecule has 3 atom stereocenters. The van der Waals surface area contributed by atoms with E-state index in [0.29, 0.717) is 37.1 Å². The summed E-state index contributed by atoms with van der Waals surface area (Å²) in [6.07, 6.45) is 5.74. The number of alkyl halides is 1. The topological polar surface area (TPSA) is 83.5 Å². The standard InChI is InChI=1S/C19H25ClFNO4S/c20-15-8-10-16(11-9-15)27(25,26)22-13-14-7-12-18(21)17(14)5-3-1-2-4-6-19(23)24/h1,3,8-11,14,17-18,22H,2,4-7,12-13H2,(H,23,24)/b3-1-/t14-,17-,18-/m1/s1. The highest BCUT2D eigenvalue weighted by Gasteiger charge is 2.35. The van der Waals surface area contributed by atoms with Crippen molar-refractivity contribution >= 4 is 27.6 Å². The van der Waals surface area contributed by atoms with Gasteiger partial charge in [0.1, 0.15) is 6.17 Å². The first kappa shape index (κ1) is 21.9. The summed E-state index contributed by atoms with van der Waals surface area (Å²) < 4.78 is 41.5. The predicted molar refractivity (Wildman–Crippen MR) is 103 cm³/mol. The van der Waals surface area contributed by atoms with Crippen molar-refractivity contribution < 1.29 is 22.7 Å². The molecule has 8 heteroatoms. The van der Waals surface area contributed by atoms with Crippen LogP contribution in [0.5, 0.6) is 0 Å². The molecule has 0 unspecified atom stereocenters. The summed E-state index contributed by atoms with van der Waals surface area (Å²) in [6, 6.07) is 5.91. The quantitative estimate of drug-likeness (QED) is 0.441. The summed E-state index contributed by atoms with van der Waals surface area (Å²) >= 11 is 5.78. The lowest BCUT2D eigenvalue weighted by Gasteiger charge is -2.20. The highest BCUT2D eigenvalue weighted by molar-refractivity contribution is 7.89. The Hall–Kier alpha value is -1.44. The molecule has 0 radical (unpaired) electrons. The summed E-state index contributed by atoms with van der Waals surface area (Å²) in [5, 5.41) is 9.05. The molecule has 1 fully saturated rings. The van der Waals surface area contributed by atoms with Crippen LogP contribution in [0.4, 0.5) is 4.39 Å². The van der Waals surface area contributed by atoms with Crippen molar-refractivity contribution in [2.45, 2.75) is 49.6 Å². The molecule has 1 aromatic rings. The van der Waals surface area contributed by atoms with Gasteiger partial charge in [-0.1, -0.05) is 23.8 Å². The van der Waals surface area contributed by atoms with Gasteiger partial charge in [0, 0.05) is 18.0 Å². The number of carbonyl (C=O) groups is 1. The Morgan fingerprint density at radius 1 is 1.26 bits per heavy atom. The van der Waals surface area contributed by atoms with Gasteiger partial charge >= 0.3 is 5.97 Å². The van der Waals surface area contributed by atoms with E-state index in [4.69, 9.17) is 16.7 Å². The number of aliphatic carboxylic acids is 1. The van der Waals surface area contributed by atoms with Crippen LogP contribution in [0.25, 0.3) is 0 Å². The molecule has 0 aliphatic heterocycles. The fourth-order valence-corrected chi connectivity index (χ4v) is 4.57. The first-order valence-electron chi connectivity index (χ1n) is 9.05. The van der Waals surface area contributed by atoms with Crippen LogP contribution >= 0.6 is 11.6 Å². The Morgan fingerprint density at radius 3 is 2.63 bits per heavy atom. The SMILES string of the molecule is O=C(O)CCC/C=C\C[C@@H]1[C@@H](CNS(=O)(=O)c2ccc(Cl)cc2)CC[C@H]1F. The number of halogens is 2. The molecule has 150 valence electrons. The van der Waals surface area contributed by atoms with E-state index in [9.17, 15) is 17.6 Å². The monoisotopic (exact) mass is 417 g/mol. The Kier molecular flexibility index (Phi) is 8.26. The zero-order valence-electron chi connectivity index (χ0n) is 15.0. The lowest BCUT2D eigenvalue weighted by molar-refractivity contribution is -0.137. The van der Waals surface area contributed by atoms with Gasteiger partial charge in [0.05, 0.1) is 4.90 Å². The van der Waals surface area contributed by atoms with Crippen LogP contribution in [0.3, 0.4) is 0 Å². The fraction of sp³-hybridized carbons (Fsp3) is 0.526. The summed E-state index contributed by atoms with van der Waals surface area (Å²) in [5.74, 6) is -1.12. The van der Waals surface area contributed by atoms with Gasteiger partial charge in [-0.15, -0.1) is 0 Å². The van der Waals surface area contributed by atoms with Crippen molar-refractivity contribution in [2.75, 3.05) is 6.54 Å². The summed E-state index contributed by atoms with van der Waals surface area (Å²) in [7, 11) is -3.65. The van der Waals surface area contributed by atoms with Crippen LogP contribution in [0, 0.1) is 11.8 Å². The molecule has 1 saturated carbocycles. The Bertz CT molecular complexity index is 751. The summed E-state index contributed by atoms with van der Waals surface area (Å²) in [5.41, 5.74) is 0. The summed E-state index contributed by atoms with van der Waals surface area (Å²) in [4.78, 5) is 10.6. The number of nitrogens with one attached hydrogen (secondary N) is 1. The second kappa shape index (κ2) is 10.2.